The van der Waals surface area contributed by atoms with E-state index in [1.807, 2.05) is 0 Å². The number of carbonyl (C=O) groups is 2. The minimum atomic E-state index is -3.39. The molecule has 1 aromatic rings. The Labute approximate surface area is 135 Å². The third-order valence-electron chi connectivity index (χ3n) is 3.07. The fourth-order valence-electron chi connectivity index (χ4n) is 1.64. The highest BCUT2D eigenvalue weighted by Crippen LogP contribution is 2.12. The van der Waals surface area contributed by atoms with Crippen molar-refractivity contribution in [1.82, 2.24) is 5.32 Å². The first kappa shape index (κ1) is 19.0. The van der Waals surface area contributed by atoms with Gasteiger partial charge in [0, 0.05) is 6.54 Å². The van der Waals surface area contributed by atoms with E-state index in [0.29, 0.717) is 18.7 Å². The van der Waals surface area contributed by atoms with E-state index in [1.165, 1.54) is 13.8 Å². The van der Waals surface area contributed by atoms with Crippen LogP contribution in [0.1, 0.15) is 19.4 Å². The Kier molecular flexibility index (Phi) is 7.02. The van der Waals surface area contributed by atoms with Crippen LogP contribution < -0.4 is 10.1 Å². The van der Waals surface area contributed by atoms with Gasteiger partial charge < -0.3 is 15.2 Å². The van der Waals surface area contributed by atoms with E-state index in [1.54, 1.807) is 24.3 Å². The van der Waals surface area contributed by atoms with E-state index in [2.05, 4.69) is 5.32 Å². The highest BCUT2D eigenvalue weighted by Gasteiger charge is 2.20. The molecular weight excluding hydrogens is 322 g/mol. The Morgan fingerprint density at radius 2 is 1.83 bits per heavy atom. The maximum atomic E-state index is 11.6. The Balaban J connectivity index is 2.38. The van der Waals surface area contributed by atoms with Crippen molar-refractivity contribution in [2.24, 2.45) is 0 Å². The molecule has 1 aromatic carbocycles. The molecule has 7 nitrogen and oxygen atoms in total. The number of aliphatic carboxylic acids is 1. The highest BCUT2D eigenvalue weighted by molar-refractivity contribution is 7.92. The Hall–Kier alpha value is -2.09. The summed E-state index contributed by atoms with van der Waals surface area (Å²) < 4.78 is 28.2. The van der Waals surface area contributed by atoms with Gasteiger partial charge >= 0.3 is 5.97 Å². The van der Waals surface area contributed by atoms with Crippen LogP contribution >= 0.6 is 0 Å². The molecule has 0 aliphatic heterocycles. The lowest BCUT2D eigenvalue weighted by atomic mass is 10.1. The fraction of sp³-hybridized carbons (Fsp3) is 0.467. The molecule has 1 rings (SSSR count). The molecule has 0 aliphatic carbocycles. The van der Waals surface area contributed by atoms with Gasteiger partial charge in [-0.1, -0.05) is 12.1 Å². The van der Waals surface area contributed by atoms with Crippen LogP contribution in [0.5, 0.6) is 5.75 Å². The number of ether oxygens (including phenoxy) is 1. The van der Waals surface area contributed by atoms with Crippen LogP contribution in [0, 0.1) is 0 Å². The molecule has 0 spiro atoms. The Morgan fingerprint density at radius 1 is 1.22 bits per heavy atom. The van der Waals surface area contributed by atoms with Crippen molar-refractivity contribution in [2.45, 2.75) is 25.5 Å². The van der Waals surface area contributed by atoms with Crippen LogP contribution in [0.3, 0.4) is 0 Å². The number of carboxylic acid groups (broad SMARTS) is 1. The van der Waals surface area contributed by atoms with E-state index < -0.39 is 39.3 Å². The third-order valence-corrected chi connectivity index (χ3v) is 5.17. The van der Waals surface area contributed by atoms with Gasteiger partial charge in [0.25, 0.3) is 0 Å². The molecule has 0 saturated heterocycles. The molecule has 0 saturated carbocycles. The Bertz CT molecular complexity index is 636. The van der Waals surface area contributed by atoms with E-state index in [0.717, 1.165) is 5.56 Å². The van der Waals surface area contributed by atoms with E-state index in [-0.39, 0.29) is 0 Å². The van der Waals surface area contributed by atoms with E-state index in [9.17, 15) is 18.0 Å². The molecule has 0 aliphatic rings. The largest absolute Gasteiger partial charge is 0.482 e. The van der Waals surface area contributed by atoms with Crippen molar-refractivity contribution in [2.75, 3.05) is 18.9 Å². The molecule has 0 fully saturated rings. The minimum Gasteiger partial charge on any atom is -0.482 e. The zero-order chi connectivity index (χ0) is 17.5. The Morgan fingerprint density at radius 3 is 2.35 bits per heavy atom. The van der Waals surface area contributed by atoms with Crippen LogP contribution in [0.4, 0.5) is 0 Å². The zero-order valence-corrected chi connectivity index (χ0v) is 13.9. The number of rotatable bonds is 9. The lowest BCUT2D eigenvalue weighted by molar-refractivity contribution is -0.139. The van der Waals surface area contributed by atoms with Gasteiger partial charge in [0.15, 0.2) is 16.4 Å². The number of benzene rings is 1. The standard InChI is InChI=1S/C15H21NO6S/c1-11(2)23(20,21)10-14(17)16-8-7-12-3-5-13(6-4-12)22-9-15(18)19/h3-6,11H,7-10H2,1-2H3,(H,16,17)(H,18,19). The van der Waals surface area contributed by atoms with Crippen molar-refractivity contribution in [3.8, 4) is 5.75 Å². The maximum Gasteiger partial charge on any atom is 0.341 e. The second-order valence-electron chi connectivity index (χ2n) is 5.28. The summed E-state index contributed by atoms with van der Waals surface area (Å²) in [6.45, 7) is 2.99. The number of carboxylic acids is 1. The summed E-state index contributed by atoms with van der Waals surface area (Å²) in [5, 5.41) is 10.5. The van der Waals surface area contributed by atoms with Crippen molar-refractivity contribution in [3.63, 3.8) is 0 Å². The van der Waals surface area contributed by atoms with Gasteiger partial charge in [0.1, 0.15) is 11.5 Å². The van der Waals surface area contributed by atoms with Crippen LogP contribution in [0.25, 0.3) is 0 Å². The van der Waals surface area contributed by atoms with Gasteiger partial charge in [-0.2, -0.15) is 0 Å². The molecule has 0 heterocycles. The molecule has 0 bridgehead atoms. The van der Waals surface area contributed by atoms with Crippen molar-refractivity contribution in [3.05, 3.63) is 29.8 Å². The summed E-state index contributed by atoms with van der Waals surface area (Å²) in [6, 6.07) is 6.80. The summed E-state index contributed by atoms with van der Waals surface area (Å²) in [5.41, 5.74) is 0.916. The van der Waals surface area contributed by atoms with Gasteiger partial charge in [0.2, 0.25) is 5.91 Å². The van der Waals surface area contributed by atoms with Gasteiger partial charge in [-0.3, -0.25) is 4.79 Å². The minimum absolute atomic E-state index is 0.321. The number of amides is 1. The summed E-state index contributed by atoms with van der Waals surface area (Å²) in [4.78, 5) is 22.0. The molecule has 2 N–H and O–H groups in total. The fourth-order valence-corrected chi connectivity index (χ4v) is 2.44. The zero-order valence-electron chi connectivity index (χ0n) is 13.1. The third kappa shape index (κ3) is 7.14. The smallest absolute Gasteiger partial charge is 0.341 e. The molecule has 128 valence electrons. The van der Waals surface area contributed by atoms with Gasteiger partial charge in [-0.05, 0) is 38.0 Å². The van der Waals surface area contributed by atoms with Gasteiger partial charge in [0.05, 0.1) is 5.25 Å². The normalized spacial score (nSPS) is 11.3. The van der Waals surface area contributed by atoms with Gasteiger partial charge in [-0.15, -0.1) is 0 Å². The predicted octanol–water partition coefficient (Wildman–Crippen LogP) is 0.632. The molecule has 0 radical (unpaired) electrons. The van der Waals surface area contributed by atoms with Crippen LogP contribution in [-0.2, 0) is 25.8 Å². The SMILES string of the molecule is CC(C)S(=O)(=O)CC(=O)NCCc1ccc(OCC(=O)O)cc1. The number of carbonyl (C=O) groups excluding carboxylic acids is 1. The van der Waals surface area contributed by atoms with Crippen molar-refractivity contribution < 1.29 is 27.9 Å². The second kappa shape index (κ2) is 8.52. The molecule has 0 unspecified atom stereocenters. The molecule has 0 atom stereocenters. The van der Waals surface area contributed by atoms with Crippen LogP contribution in [0.2, 0.25) is 0 Å². The first-order chi connectivity index (χ1) is 10.7. The van der Waals surface area contributed by atoms with E-state index >= 15 is 0 Å². The first-order valence-corrected chi connectivity index (χ1v) is 8.84. The van der Waals surface area contributed by atoms with Crippen LogP contribution in [-0.4, -0.2) is 49.6 Å². The predicted molar refractivity (Wildman–Crippen MR) is 85.2 cm³/mol. The maximum absolute atomic E-state index is 11.6. The molecule has 0 aromatic heterocycles. The highest BCUT2D eigenvalue weighted by atomic mass is 32.2. The summed E-state index contributed by atoms with van der Waals surface area (Å²) in [6.07, 6.45) is 0.534. The molecule has 23 heavy (non-hydrogen) atoms. The molecular formula is C15H21NO6S. The molecule has 8 heteroatoms. The number of hydrogen-bond acceptors (Lipinski definition) is 5. The van der Waals surface area contributed by atoms with Crippen LogP contribution in [0.15, 0.2) is 24.3 Å². The lowest BCUT2D eigenvalue weighted by Gasteiger charge is -2.09. The quantitative estimate of drug-likeness (QED) is 0.681. The van der Waals surface area contributed by atoms with Gasteiger partial charge in [-0.25, -0.2) is 13.2 Å². The van der Waals surface area contributed by atoms with Crippen molar-refractivity contribution in [1.29, 1.82) is 0 Å². The summed E-state index contributed by atoms with van der Waals surface area (Å²) >= 11 is 0. The monoisotopic (exact) mass is 343 g/mol. The second-order valence-corrected chi connectivity index (χ2v) is 7.84. The average molecular weight is 343 g/mol. The van der Waals surface area contributed by atoms with E-state index in [4.69, 9.17) is 9.84 Å². The lowest BCUT2D eigenvalue weighted by Crippen LogP contribution is -2.34. The first-order valence-electron chi connectivity index (χ1n) is 7.12. The number of hydrogen-bond donors (Lipinski definition) is 2. The topological polar surface area (TPSA) is 110 Å². The van der Waals surface area contributed by atoms with Crippen molar-refractivity contribution >= 4 is 21.7 Å². The average Bonchev–Trinajstić information content (AvgIpc) is 2.45. The summed E-state index contributed by atoms with van der Waals surface area (Å²) in [7, 11) is -3.39. The summed E-state index contributed by atoms with van der Waals surface area (Å²) in [5.74, 6) is -1.62. The number of sulfone groups is 1. The molecule has 1 amide bonds. The number of nitrogens with one attached hydrogen (secondary N) is 1.